The number of nitrogens with two attached hydrogens (primary N) is 1. The minimum atomic E-state index is -0.0136. The summed E-state index contributed by atoms with van der Waals surface area (Å²) in [4.78, 5) is 12.5. The number of halogens is 1. The number of carbonyl (C=O) groups is 1. The molecular weight excluding hydrogens is 298 g/mol. The lowest BCUT2D eigenvalue weighted by atomic mass is 9.87. The van der Waals surface area contributed by atoms with Crippen LogP contribution in [0.2, 0.25) is 0 Å². The van der Waals surface area contributed by atoms with Crippen LogP contribution < -0.4 is 11.1 Å². The van der Waals surface area contributed by atoms with Crippen LogP contribution in [0.15, 0.2) is 30.3 Å². The van der Waals surface area contributed by atoms with Gasteiger partial charge in [-0.15, -0.1) is 12.4 Å². The molecule has 1 aliphatic carbocycles. The van der Waals surface area contributed by atoms with Gasteiger partial charge in [-0.1, -0.05) is 6.07 Å². The Labute approximate surface area is 137 Å². The zero-order valence-corrected chi connectivity index (χ0v) is 13.7. The van der Waals surface area contributed by atoms with Gasteiger partial charge in [0.1, 0.15) is 5.69 Å². The molecule has 1 aromatic heterocycles. The number of anilines is 1. The predicted octanol–water partition coefficient (Wildman–Crippen LogP) is 3.14. The Kier molecular flexibility index (Phi) is 4.81. The van der Waals surface area contributed by atoms with Crippen LogP contribution in [0.25, 0.3) is 0 Å². The zero-order chi connectivity index (χ0) is 15.0. The Morgan fingerprint density at radius 1 is 1.32 bits per heavy atom. The number of aromatic nitrogens is 1. The van der Waals surface area contributed by atoms with Gasteiger partial charge >= 0.3 is 0 Å². The van der Waals surface area contributed by atoms with Crippen LogP contribution in [0.5, 0.6) is 0 Å². The molecular formula is C17H22ClN3O. The average molecular weight is 320 g/mol. The first-order valence-electron chi connectivity index (χ1n) is 7.38. The van der Waals surface area contributed by atoms with E-state index in [1.54, 1.807) is 0 Å². The number of hydrogen-bond donors (Lipinski definition) is 2. The number of benzene rings is 1. The van der Waals surface area contributed by atoms with Crippen molar-refractivity contribution in [2.75, 3.05) is 5.73 Å². The minimum absolute atomic E-state index is 0. The summed E-state index contributed by atoms with van der Waals surface area (Å²) in [6.45, 7) is 2.00. The number of hydrogen-bond acceptors (Lipinski definition) is 2. The maximum Gasteiger partial charge on any atom is 0.268 e. The van der Waals surface area contributed by atoms with Gasteiger partial charge in [-0.2, -0.15) is 0 Å². The van der Waals surface area contributed by atoms with Crippen molar-refractivity contribution in [3.63, 3.8) is 0 Å². The molecule has 0 radical (unpaired) electrons. The highest BCUT2D eigenvalue weighted by Gasteiger charge is 2.23. The number of carbonyl (C=O) groups excluding carboxylic acids is 1. The second-order valence-electron chi connectivity index (χ2n) is 5.80. The summed E-state index contributed by atoms with van der Waals surface area (Å²) < 4.78 is 1.92. The van der Waals surface area contributed by atoms with Gasteiger partial charge in [0.2, 0.25) is 0 Å². The Hall–Kier alpha value is -1.94. The summed E-state index contributed by atoms with van der Waals surface area (Å²) in [7, 11) is 1.92. The lowest BCUT2D eigenvalue weighted by Gasteiger charge is -2.26. The topological polar surface area (TPSA) is 60.1 Å². The minimum Gasteiger partial charge on any atom is -0.399 e. The summed E-state index contributed by atoms with van der Waals surface area (Å²) in [5.41, 5.74) is 10.9. The van der Waals surface area contributed by atoms with Crippen molar-refractivity contribution in [1.29, 1.82) is 0 Å². The second kappa shape index (κ2) is 6.44. The van der Waals surface area contributed by atoms with Crippen LogP contribution in [-0.2, 0) is 13.5 Å². The molecule has 0 aliphatic heterocycles. The van der Waals surface area contributed by atoms with E-state index in [0.717, 1.165) is 30.6 Å². The van der Waals surface area contributed by atoms with Crippen molar-refractivity contribution in [1.82, 2.24) is 9.88 Å². The number of nitrogens with one attached hydrogen (secondary N) is 1. The zero-order valence-electron chi connectivity index (χ0n) is 12.9. The molecule has 1 unspecified atom stereocenters. The van der Waals surface area contributed by atoms with Gasteiger partial charge in [-0.25, -0.2) is 0 Å². The summed E-state index contributed by atoms with van der Waals surface area (Å²) >= 11 is 0. The van der Waals surface area contributed by atoms with Crippen molar-refractivity contribution >= 4 is 24.0 Å². The van der Waals surface area contributed by atoms with Crippen LogP contribution in [0.3, 0.4) is 0 Å². The number of nitrogens with zero attached hydrogens (tertiary/aromatic N) is 1. The second-order valence-corrected chi connectivity index (χ2v) is 5.80. The lowest BCUT2D eigenvalue weighted by Crippen LogP contribution is -2.32. The summed E-state index contributed by atoms with van der Waals surface area (Å²) in [6, 6.07) is 9.90. The Balaban J connectivity index is 0.00000176. The van der Waals surface area contributed by atoms with Gasteiger partial charge in [0, 0.05) is 18.4 Å². The van der Waals surface area contributed by atoms with Gasteiger partial charge in [-0.05, 0) is 61.6 Å². The monoisotopic (exact) mass is 319 g/mol. The van der Waals surface area contributed by atoms with E-state index in [1.165, 1.54) is 11.1 Å². The molecule has 3 N–H and O–H groups in total. The molecule has 22 heavy (non-hydrogen) atoms. The fourth-order valence-corrected chi connectivity index (χ4v) is 3.06. The average Bonchev–Trinajstić information content (AvgIpc) is 2.79. The predicted molar refractivity (Wildman–Crippen MR) is 91.4 cm³/mol. The molecule has 1 aromatic carbocycles. The van der Waals surface area contributed by atoms with Crippen molar-refractivity contribution < 1.29 is 4.79 Å². The van der Waals surface area contributed by atoms with Crippen LogP contribution in [-0.4, -0.2) is 10.5 Å². The third-order valence-corrected chi connectivity index (χ3v) is 4.39. The standard InChI is InChI=1S/C17H21N3O.ClH/c1-11-6-9-16(20(11)2)17(21)19-15-5-3-4-12-10-13(18)7-8-14(12)15;/h6-10,15H,3-5,18H2,1-2H3,(H,19,21);1H. The van der Waals surface area contributed by atoms with E-state index in [1.807, 2.05) is 48.9 Å². The number of aryl methyl sites for hydroxylation is 2. The van der Waals surface area contributed by atoms with Crippen molar-refractivity contribution in [3.05, 3.63) is 52.8 Å². The van der Waals surface area contributed by atoms with E-state index in [-0.39, 0.29) is 24.4 Å². The molecule has 4 nitrogen and oxygen atoms in total. The Bertz CT molecular complexity index is 693. The van der Waals surface area contributed by atoms with E-state index >= 15 is 0 Å². The number of nitrogen functional groups attached to an aromatic ring is 1. The van der Waals surface area contributed by atoms with Crippen LogP contribution in [0.1, 0.15) is 46.2 Å². The Morgan fingerprint density at radius 2 is 2.09 bits per heavy atom. The first-order valence-corrected chi connectivity index (χ1v) is 7.38. The van der Waals surface area contributed by atoms with Crippen molar-refractivity contribution in [2.24, 2.45) is 7.05 Å². The van der Waals surface area contributed by atoms with Crippen LogP contribution in [0.4, 0.5) is 5.69 Å². The first kappa shape index (κ1) is 16.4. The summed E-state index contributed by atoms with van der Waals surface area (Å²) in [6.07, 6.45) is 3.09. The molecule has 0 spiro atoms. The molecule has 1 heterocycles. The number of rotatable bonds is 2. The van der Waals surface area contributed by atoms with Gasteiger partial charge in [-0.3, -0.25) is 4.79 Å². The molecule has 0 saturated carbocycles. The molecule has 1 aliphatic rings. The van der Waals surface area contributed by atoms with E-state index in [4.69, 9.17) is 5.73 Å². The molecule has 1 atom stereocenters. The van der Waals surface area contributed by atoms with E-state index < -0.39 is 0 Å². The van der Waals surface area contributed by atoms with E-state index in [2.05, 4.69) is 5.32 Å². The van der Waals surface area contributed by atoms with Crippen LogP contribution >= 0.6 is 12.4 Å². The first-order chi connectivity index (χ1) is 10.1. The third kappa shape index (κ3) is 2.97. The molecule has 0 saturated heterocycles. The fourth-order valence-electron chi connectivity index (χ4n) is 3.06. The van der Waals surface area contributed by atoms with E-state index in [0.29, 0.717) is 5.69 Å². The smallest absolute Gasteiger partial charge is 0.268 e. The molecule has 1 amide bonds. The maximum atomic E-state index is 12.5. The van der Waals surface area contributed by atoms with Crippen LogP contribution in [0, 0.1) is 6.92 Å². The van der Waals surface area contributed by atoms with Gasteiger partial charge in [0.05, 0.1) is 6.04 Å². The highest BCUT2D eigenvalue weighted by atomic mass is 35.5. The maximum absolute atomic E-state index is 12.5. The van der Waals surface area contributed by atoms with Crippen molar-refractivity contribution in [2.45, 2.75) is 32.2 Å². The highest BCUT2D eigenvalue weighted by molar-refractivity contribution is 5.93. The Morgan fingerprint density at radius 3 is 2.77 bits per heavy atom. The quantitative estimate of drug-likeness (QED) is 0.835. The SMILES string of the molecule is Cc1ccc(C(=O)NC2CCCc3cc(N)ccc32)n1C.Cl. The van der Waals surface area contributed by atoms with Gasteiger partial charge < -0.3 is 15.6 Å². The van der Waals surface area contributed by atoms with Crippen molar-refractivity contribution in [3.8, 4) is 0 Å². The molecule has 5 heteroatoms. The molecule has 3 rings (SSSR count). The highest BCUT2D eigenvalue weighted by Crippen LogP contribution is 2.31. The van der Waals surface area contributed by atoms with E-state index in [9.17, 15) is 4.79 Å². The summed E-state index contributed by atoms with van der Waals surface area (Å²) in [5.74, 6) is -0.0136. The fraction of sp³-hybridized carbons (Fsp3) is 0.353. The molecule has 0 fully saturated rings. The summed E-state index contributed by atoms with van der Waals surface area (Å²) in [5, 5.41) is 3.16. The molecule has 2 aromatic rings. The third-order valence-electron chi connectivity index (χ3n) is 4.39. The molecule has 118 valence electrons. The largest absolute Gasteiger partial charge is 0.399 e. The van der Waals surface area contributed by atoms with Gasteiger partial charge in [0.25, 0.3) is 5.91 Å². The molecule has 0 bridgehead atoms. The number of fused-ring (bicyclic) bond motifs is 1. The van der Waals surface area contributed by atoms with Gasteiger partial charge in [0.15, 0.2) is 0 Å². The number of amides is 1. The normalized spacial score (nSPS) is 16.5. The lowest BCUT2D eigenvalue weighted by molar-refractivity contribution is 0.0924.